The molecule has 5 heteroatoms. The third-order valence-electron chi connectivity index (χ3n) is 2.99. The van der Waals surface area contributed by atoms with Crippen molar-refractivity contribution in [1.29, 1.82) is 0 Å². The maximum Gasteiger partial charge on any atom is 0.303 e. The molecule has 0 radical (unpaired) electrons. The molecule has 0 saturated heterocycles. The smallest absolute Gasteiger partial charge is 0.303 e. The number of carboxylic acids is 1. The molecule has 1 atom stereocenters. The molecule has 1 aromatic rings. The molecule has 0 spiro atoms. The number of unbranched alkanes of at least 4 members (excludes halogenated alkanes) is 1. The highest BCUT2D eigenvalue weighted by molar-refractivity contribution is 5.66. The van der Waals surface area contributed by atoms with Crippen LogP contribution in [0.3, 0.4) is 0 Å². The van der Waals surface area contributed by atoms with Gasteiger partial charge in [0.1, 0.15) is 11.5 Å². The van der Waals surface area contributed by atoms with E-state index in [1.807, 2.05) is 18.2 Å². The second kappa shape index (κ2) is 7.63. The minimum atomic E-state index is -0.771. The molecule has 0 aromatic heterocycles. The maximum absolute atomic E-state index is 10.4. The van der Waals surface area contributed by atoms with Gasteiger partial charge >= 0.3 is 5.97 Å². The molecule has 1 aromatic carbocycles. The van der Waals surface area contributed by atoms with Crippen molar-refractivity contribution in [1.82, 2.24) is 0 Å². The number of hydrogen-bond acceptors (Lipinski definition) is 4. The highest BCUT2D eigenvalue weighted by Crippen LogP contribution is 2.30. The van der Waals surface area contributed by atoms with Crippen molar-refractivity contribution in [2.45, 2.75) is 31.7 Å². The van der Waals surface area contributed by atoms with E-state index in [0.717, 1.165) is 29.9 Å². The van der Waals surface area contributed by atoms with Gasteiger partial charge in [0, 0.05) is 18.0 Å². The summed E-state index contributed by atoms with van der Waals surface area (Å²) in [6.07, 6.45) is 2.31. The molecule has 0 saturated carbocycles. The van der Waals surface area contributed by atoms with E-state index >= 15 is 0 Å². The first-order chi connectivity index (χ1) is 9.08. The van der Waals surface area contributed by atoms with Crippen LogP contribution in [0.5, 0.6) is 11.5 Å². The summed E-state index contributed by atoms with van der Waals surface area (Å²) in [5.41, 5.74) is 7.02. The van der Waals surface area contributed by atoms with Crippen LogP contribution in [0.1, 0.15) is 37.3 Å². The molecule has 0 aliphatic rings. The van der Waals surface area contributed by atoms with Crippen LogP contribution in [0.25, 0.3) is 0 Å². The lowest BCUT2D eigenvalue weighted by atomic mass is 10.00. The fourth-order valence-electron chi connectivity index (χ4n) is 1.93. The highest BCUT2D eigenvalue weighted by atomic mass is 16.5. The molecular weight excluding hydrogens is 246 g/mol. The standard InChI is InChI=1S/C14H21NO4/c1-18-10-7-8-13(19-2)11(9-10)12(15)5-3-4-6-14(16)17/h7-9,12H,3-6,15H2,1-2H3,(H,16,17). The fraction of sp³-hybridized carbons (Fsp3) is 0.500. The lowest BCUT2D eigenvalue weighted by molar-refractivity contribution is -0.137. The van der Waals surface area contributed by atoms with Crippen LogP contribution < -0.4 is 15.2 Å². The van der Waals surface area contributed by atoms with E-state index in [4.69, 9.17) is 20.3 Å². The van der Waals surface area contributed by atoms with E-state index in [1.54, 1.807) is 14.2 Å². The number of hydrogen-bond donors (Lipinski definition) is 2. The van der Waals surface area contributed by atoms with E-state index in [1.165, 1.54) is 0 Å². The van der Waals surface area contributed by atoms with Gasteiger partial charge in [-0.1, -0.05) is 6.42 Å². The van der Waals surface area contributed by atoms with E-state index in [-0.39, 0.29) is 12.5 Å². The minimum Gasteiger partial charge on any atom is -0.497 e. The summed E-state index contributed by atoms with van der Waals surface area (Å²) in [6.45, 7) is 0. The number of rotatable bonds is 8. The zero-order chi connectivity index (χ0) is 14.3. The Morgan fingerprint density at radius 2 is 2.05 bits per heavy atom. The van der Waals surface area contributed by atoms with Crippen molar-refractivity contribution >= 4 is 5.97 Å². The number of carbonyl (C=O) groups is 1. The molecule has 5 nitrogen and oxygen atoms in total. The summed E-state index contributed by atoms with van der Waals surface area (Å²) in [7, 11) is 3.20. The van der Waals surface area contributed by atoms with E-state index < -0.39 is 5.97 Å². The molecular formula is C14H21NO4. The summed E-state index contributed by atoms with van der Waals surface area (Å²) in [5.74, 6) is 0.691. The zero-order valence-corrected chi connectivity index (χ0v) is 11.4. The predicted molar refractivity (Wildman–Crippen MR) is 72.6 cm³/mol. The summed E-state index contributed by atoms with van der Waals surface area (Å²) >= 11 is 0. The highest BCUT2D eigenvalue weighted by Gasteiger charge is 2.13. The van der Waals surface area contributed by atoms with Crippen LogP contribution in [0.2, 0.25) is 0 Å². The molecule has 0 fully saturated rings. The zero-order valence-electron chi connectivity index (χ0n) is 11.4. The van der Waals surface area contributed by atoms with E-state index in [0.29, 0.717) is 6.42 Å². The van der Waals surface area contributed by atoms with Gasteiger partial charge in [0.15, 0.2) is 0 Å². The summed E-state index contributed by atoms with van der Waals surface area (Å²) in [6, 6.07) is 5.32. The predicted octanol–water partition coefficient (Wildman–Crippen LogP) is 2.35. The van der Waals surface area contributed by atoms with Crippen LogP contribution in [0, 0.1) is 0 Å². The van der Waals surface area contributed by atoms with Crippen LogP contribution in [-0.4, -0.2) is 25.3 Å². The van der Waals surface area contributed by atoms with Crippen molar-refractivity contribution in [3.63, 3.8) is 0 Å². The lowest BCUT2D eigenvalue weighted by Crippen LogP contribution is -2.12. The van der Waals surface area contributed by atoms with Crippen molar-refractivity contribution in [3.8, 4) is 11.5 Å². The molecule has 0 aliphatic carbocycles. The largest absolute Gasteiger partial charge is 0.497 e. The fourth-order valence-corrected chi connectivity index (χ4v) is 1.93. The molecule has 0 amide bonds. The van der Waals surface area contributed by atoms with Crippen molar-refractivity contribution in [2.24, 2.45) is 5.73 Å². The Morgan fingerprint density at radius 1 is 1.32 bits per heavy atom. The van der Waals surface area contributed by atoms with Gasteiger partial charge in [-0.2, -0.15) is 0 Å². The van der Waals surface area contributed by atoms with Crippen molar-refractivity contribution in [3.05, 3.63) is 23.8 Å². The quantitative estimate of drug-likeness (QED) is 0.706. The van der Waals surface area contributed by atoms with E-state index in [2.05, 4.69) is 0 Å². The number of carboxylic acid groups (broad SMARTS) is 1. The molecule has 1 unspecified atom stereocenters. The Kier molecular flexibility index (Phi) is 6.15. The van der Waals surface area contributed by atoms with Gasteiger partial charge in [-0.15, -0.1) is 0 Å². The molecule has 3 N–H and O–H groups in total. The molecule has 0 bridgehead atoms. The Morgan fingerprint density at radius 3 is 2.63 bits per heavy atom. The van der Waals surface area contributed by atoms with Gasteiger partial charge in [0.25, 0.3) is 0 Å². The first kappa shape index (κ1) is 15.3. The first-order valence-corrected chi connectivity index (χ1v) is 6.27. The monoisotopic (exact) mass is 267 g/mol. The second-order valence-electron chi connectivity index (χ2n) is 4.35. The van der Waals surface area contributed by atoms with Crippen LogP contribution in [0.4, 0.5) is 0 Å². The summed E-state index contributed by atoms with van der Waals surface area (Å²) in [4.78, 5) is 10.4. The maximum atomic E-state index is 10.4. The Hall–Kier alpha value is -1.75. The van der Waals surface area contributed by atoms with Crippen LogP contribution in [0.15, 0.2) is 18.2 Å². The van der Waals surface area contributed by atoms with E-state index in [9.17, 15) is 4.79 Å². The van der Waals surface area contributed by atoms with Crippen molar-refractivity contribution in [2.75, 3.05) is 14.2 Å². The van der Waals surface area contributed by atoms with Gasteiger partial charge in [0.05, 0.1) is 14.2 Å². The molecule has 1 rings (SSSR count). The Bertz CT molecular complexity index is 420. The molecule has 0 aliphatic heterocycles. The van der Waals surface area contributed by atoms with Gasteiger partial charge in [0.2, 0.25) is 0 Å². The minimum absolute atomic E-state index is 0.182. The molecule has 19 heavy (non-hydrogen) atoms. The first-order valence-electron chi connectivity index (χ1n) is 6.27. The van der Waals surface area contributed by atoms with Crippen LogP contribution >= 0.6 is 0 Å². The number of nitrogens with two attached hydrogens (primary N) is 1. The average molecular weight is 267 g/mol. The average Bonchev–Trinajstić information content (AvgIpc) is 2.42. The van der Waals surface area contributed by atoms with Gasteiger partial charge < -0.3 is 20.3 Å². The van der Waals surface area contributed by atoms with Crippen LogP contribution in [-0.2, 0) is 4.79 Å². The number of ether oxygens (including phenoxy) is 2. The lowest BCUT2D eigenvalue weighted by Gasteiger charge is -2.16. The molecule has 0 heterocycles. The number of benzene rings is 1. The molecule has 106 valence electrons. The third-order valence-corrected chi connectivity index (χ3v) is 2.99. The van der Waals surface area contributed by atoms with Gasteiger partial charge in [-0.3, -0.25) is 4.79 Å². The van der Waals surface area contributed by atoms with Gasteiger partial charge in [-0.25, -0.2) is 0 Å². The van der Waals surface area contributed by atoms with Gasteiger partial charge in [-0.05, 0) is 31.0 Å². The van der Waals surface area contributed by atoms with Crippen molar-refractivity contribution < 1.29 is 19.4 Å². The third kappa shape index (κ3) is 4.79. The summed E-state index contributed by atoms with van der Waals surface area (Å²) in [5, 5.41) is 8.58. The SMILES string of the molecule is COc1ccc(OC)c(C(N)CCCCC(=O)O)c1. The Balaban J connectivity index is 2.63. The number of methoxy groups -OCH3 is 2. The second-order valence-corrected chi connectivity index (χ2v) is 4.35. The summed E-state index contributed by atoms with van der Waals surface area (Å²) < 4.78 is 10.5. The normalized spacial score (nSPS) is 11.9. The topological polar surface area (TPSA) is 81.8 Å². The Labute approximate surface area is 113 Å². The number of aliphatic carboxylic acids is 1.